The molecule has 0 spiro atoms. The van der Waals surface area contributed by atoms with Crippen LogP contribution in [0.4, 0.5) is 0 Å². The van der Waals surface area contributed by atoms with Crippen LogP contribution in [0.1, 0.15) is 32.6 Å². The SMILES string of the molecule is CN[C@@H]1[C@H](O)[C@H](NC)[C@H]2O[C@]3(O)[C@H](O[C@@H]2[C@H]1O)O[C@H](C)C[C@@]3(O)CNCCC1CCOCC1. The zero-order valence-electron chi connectivity index (χ0n) is 19.8. The maximum absolute atomic E-state index is 11.6. The molecule has 4 rings (SSSR count). The third kappa shape index (κ3) is 4.70. The fourth-order valence-electron chi connectivity index (χ4n) is 5.87. The molecule has 3 heterocycles. The van der Waals surface area contributed by atoms with Crippen LogP contribution in [0, 0.1) is 5.92 Å². The quantitative estimate of drug-likeness (QED) is 0.198. The summed E-state index contributed by atoms with van der Waals surface area (Å²) in [5.41, 5.74) is -1.69. The number of aliphatic hydroxyl groups is 4. The summed E-state index contributed by atoms with van der Waals surface area (Å²) in [6, 6.07) is -1.31. The molecule has 1 saturated carbocycles. The summed E-state index contributed by atoms with van der Waals surface area (Å²) in [5.74, 6) is -1.59. The van der Waals surface area contributed by atoms with Crippen LogP contribution in [0.2, 0.25) is 0 Å². The molecule has 4 aliphatic rings. The van der Waals surface area contributed by atoms with Crippen LogP contribution in [-0.4, -0.2) is 121 Å². The molecule has 4 fully saturated rings. The minimum Gasteiger partial charge on any atom is -0.390 e. The molecule has 0 bridgehead atoms. The van der Waals surface area contributed by atoms with Gasteiger partial charge in [0.25, 0.3) is 0 Å². The first-order chi connectivity index (χ1) is 15.7. The van der Waals surface area contributed by atoms with Crippen LogP contribution in [-0.2, 0) is 18.9 Å². The number of ether oxygens (including phenoxy) is 4. The molecule has 10 atom stereocenters. The van der Waals surface area contributed by atoms with Crippen LogP contribution in [0.3, 0.4) is 0 Å². The van der Waals surface area contributed by atoms with E-state index in [0.717, 1.165) is 32.5 Å². The van der Waals surface area contributed by atoms with Gasteiger partial charge in [0.15, 0.2) is 0 Å². The summed E-state index contributed by atoms with van der Waals surface area (Å²) in [6.07, 6.45) is -2.40. The zero-order valence-corrected chi connectivity index (χ0v) is 19.8. The molecule has 7 N–H and O–H groups in total. The van der Waals surface area contributed by atoms with Gasteiger partial charge in [-0.05, 0) is 52.7 Å². The highest BCUT2D eigenvalue weighted by Crippen LogP contribution is 2.46. The summed E-state index contributed by atoms with van der Waals surface area (Å²) < 4.78 is 23.4. The molecule has 0 aromatic heterocycles. The molecule has 11 nitrogen and oxygen atoms in total. The van der Waals surface area contributed by atoms with Gasteiger partial charge >= 0.3 is 0 Å². The molecule has 33 heavy (non-hydrogen) atoms. The Bertz CT molecular complexity index is 655. The number of aliphatic hydroxyl groups excluding tert-OH is 2. The van der Waals surface area contributed by atoms with Crippen LogP contribution in [0.5, 0.6) is 0 Å². The van der Waals surface area contributed by atoms with E-state index in [9.17, 15) is 20.4 Å². The first-order valence-corrected chi connectivity index (χ1v) is 12.2. The van der Waals surface area contributed by atoms with Crippen molar-refractivity contribution in [1.82, 2.24) is 16.0 Å². The molecule has 0 amide bonds. The lowest BCUT2D eigenvalue weighted by atomic mass is 9.77. The fraction of sp³-hybridized carbons (Fsp3) is 1.00. The lowest BCUT2D eigenvalue weighted by molar-refractivity contribution is -0.482. The van der Waals surface area contributed by atoms with Crippen molar-refractivity contribution in [2.75, 3.05) is 40.4 Å². The Hall–Kier alpha value is -0.440. The van der Waals surface area contributed by atoms with E-state index < -0.39 is 60.3 Å². The first-order valence-electron chi connectivity index (χ1n) is 12.2. The van der Waals surface area contributed by atoms with Crippen molar-refractivity contribution in [2.45, 2.75) is 92.9 Å². The molecule has 192 valence electrons. The van der Waals surface area contributed by atoms with Crippen molar-refractivity contribution in [1.29, 1.82) is 0 Å². The second-order valence-corrected chi connectivity index (χ2v) is 10.0. The van der Waals surface area contributed by atoms with Gasteiger partial charge < -0.3 is 55.3 Å². The molecule has 0 aromatic carbocycles. The standard InChI is InChI=1S/C22H41N3O8/c1-12-10-21(28,11-25-7-4-13-5-8-30-9-6-13)22(29)20(31-12)32-19-17(27)14(23-2)16(26)15(24-3)18(19)33-22/h12-20,23-29H,4-11H2,1-3H3/t12-,14-,15+,16+,17+,18-,19-,20+,21-,22-/m1/s1. The Morgan fingerprint density at radius 3 is 2.30 bits per heavy atom. The monoisotopic (exact) mass is 475 g/mol. The number of hydrogen-bond acceptors (Lipinski definition) is 11. The number of hydrogen-bond donors (Lipinski definition) is 7. The van der Waals surface area contributed by atoms with E-state index in [-0.39, 0.29) is 13.0 Å². The minimum absolute atomic E-state index is 0.0894. The average Bonchev–Trinajstić information content (AvgIpc) is 2.78. The predicted octanol–water partition coefficient (Wildman–Crippen LogP) is -2.36. The third-order valence-electron chi connectivity index (χ3n) is 7.84. The summed E-state index contributed by atoms with van der Waals surface area (Å²) in [6.45, 7) is 4.16. The summed E-state index contributed by atoms with van der Waals surface area (Å²) in [4.78, 5) is 0. The topological polar surface area (TPSA) is 154 Å². The Kier molecular flexibility index (Phi) is 7.99. The average molecular weight is 476 g/mol. The summed E-state index contributed by atoms with van der Waals surface area (Å²) >= 11 is 0. The maximum Gasteiger partial charge on any atom is 0.249 e. The van der Waals surface area contributed by atoms with Crippen molar-refractivity contribution >= 4 is 0 Å². The number of likely N-dealkylation sites (N-methyl/N-ethyl adjacent to an activating group) is 2. The molecule has 3 saturated heterocycles. The molecular formula is C22H41N3O8. The van der Waals surface area contributed by atoms with Gasteiger partial charge in [-0.25, -0.2) is 0 Å². The number of rotatable bonds is 7. The summed E-state index contributed by atoms with van der Waals surface area (Å²) in [7, 11) is 3.31. The Morgan fingerprint density at radius 1 is 0.939 bits per heavy atom. The second kappa shape index (κ2) is 10.3. The molecular weight excluding hydrogens is 434 g/mol. The lowest BCUT2D eigenvalue weighted by Gasteiger charge is -2.60. The van der Waals surface area contributed by atoms with Crippen molar-refractivity contribution < 1.29 is 39.4 Å². The Balaban J connectivity index is 1.48. The molecule has 0 unspecified atom stereocenters. The Morgan fingerprint density at radius 2 is 1.64 bits per heavy atom. The molecule has 3 aliphatic heterocycles. The lowest BCUT2D eigenvalue weighted by Crippen LogP contribution is -2.81. The van der Waals surface area contributed by atoms with Crippen LogP contribution in [0.25, 0.3) is 0 Å². The minimum atomic E-state index is -2.17. The van der Waals surface area contributed by atoms with E-state index in [2.05, 4.69) is 16.0 Å². The molecule has 1 aliphatic carbocycles. The van der Waals surface area contributed by atoms with Gasteiger partial charge in [0.05, 0.1) is 24.3 Å². The van der Waals surface area contributed by atoms with Gasteiger partial charge in [-0.2, -0.15) is 0 Å². The number of nitrogens with one attached hydrogen (secondary N) is 3. The van der Waals surface area contributed by atoms with Crippen LogP contribution < -0.4 is 16.0 Å². The highest BCUT2D eigenvalue weighted by molar-refractivity contribution is 5.12. The van der Waals surface area contributed by atoms with E-state index in [1.165, 1.54) is 0 Å². The van der Waals surface area contributed by atoms with Gasteiger partial charge in [-0.3, -0.25) is 0 Å². The highest BCUT2D eigenvalue weighted by atomic mass is 16.8. The molecule has 0 radical (unpaired) electrons. The van der Waals surface area contributed by atoms with Gasteiger partial charge in [0.1, 0.15) is 23.9 Å². The smallest absolute Gasteiger partial charge is 0.249 e. The Labute approximate surface area is 195 Å². The van der Waals surface area contributed by atoms with E-state index in [0.29, 0.717) is 12.5 Å². The predicted molar refractivity (Wildman–Crippen MR) is 117 cm³/mol. The van der Waals surface area contributed by atoms with Crippen molar-refractivity contribution in [3.63, 3.8) is 0 Å². The van der Waals surface area contributed by atoms with E-state index in [1.807, 2.05) is 0 Å². The fourth-order valence-corrected chi connectivity index (χ4v) is 5.87. The largest absolute Gasteiger partial charge is 0.390 e. The molecule has 11 heteroatoms. The van der Waals surface area contributed by atoms with Crippen LogP contribution >= 0.6 is 0 Å². The van der Waals surface area contributed by atoms with Crippen molar-refractivity contribution in [3.05, 3.63) is 0 Å². The highest BCUT2D eigenvalue weighted by Gasteiger charge is 2.68. The number of fused-ring (bicyclic) bond motifs is 2. The van der Waals surface area contributed by atoms with Gasteiger partial charge in [-0.1, -0.05) is 0 Å². The summed E-state index contributed by atoms with van der Waals surface area (Å²) in [5, 5.41) is 54.1. The van der Waals surface area contributed by atoms with E-state index >= 15 is 0 Å². The van der Waals surface area contributed by atoms with Crippen molar-refractivity contribution in [3.8, 4) is 0 Å². The third-order valence-corrected chi connectivity index (χ3v) is 7.84. The van der Waals surface area contributed by atoms with Gasteiger partial charge in [-0.15, -0.1) is 0 Å². The van der Waals surface area contributed by atoms with E-state index in [4.69, 9.17) is 18.9 Å². The van der Waals surface area contributed by atoms with Crippen molar-refractivity contribution in [2.24, 2.45) is 5.92 Å². The van der Waals surface area contributed by atoms with Gasteiger partial charge in [0.2, 0.25) is 12.1 Å². The van der Waals surface area contributed by atoms with Gasteiger partial charge in [0, 0.05) is 26.2 Å². The maximum atomic E-state index is 11.6. The normalized spacial score (nSPS) is 48.8. The first kappa shape index (κ1) is 25.6. The van der Waals surface area contributed by atoms with Crippen LogP contribution in [0.15, 0.2) is 0 Å². The second-order valence-electron chi connectivity index (χ2n) is 10.0. The molecule has 0 aromatic rings. The zero-order chi connectivity index (χ0) is 23.8. The van der Waals surface area contributed by atoms with E-state index in [1.54, 1.807) is 21.0 Å².